The molecule has 2 rings (SSSR count). The van der Waals surface area contributed by atoms with E-state index in [0.717, 1.165) is 17.3 Å². The summed E-state index contributed by atoms with van der Waals surface area (Å²) in [6, 6.07) is 5.18. The molecule has 3 N–H and O–H groups in total. The fourth-order valence-corrected chi connectivity index (χ4v) is 2.72. The van der Waals surface area contributed by atoms with E-state index in [2.05, 4.69) is 10.3 Å². The van der Waals surface area contributed by atoms with E-state index in [0.29, 0.717) is 10.7 Å². The summed E-state index contributed by atoms with van der Waals surface area (Å²) in [4.78, 5) is 26.8. The summed E-state index contributed by atoms with van der Waals surface area (Å²) in [6.07, 6.45) is 0.0514. The van der Waals surface area contributed by atoms with Crippen LogP contribution >= 0.6 is 23.4 Å². The van der Waals surface area contributed by atoms with Crippen molar-refractivity contribution in [1.29, 1.82) is 0 Å². The smallest absolute Gasteiger partial charge is 0.262 e. The first-order chi connectivity index (χ1) is 8.95. The lowest BCUT2D eigenvalue weighted by molar-refractivity contribution is -0.121. The van der Waals surface area contributed by atoms with Gasteiger partial charge in [0.15, 0.2) is 5.17 Å². The number of aliphatic imine (C=N–C) groups is 1. The van der Waals surface area contributed by atoms with Crippen LogP contribution in [0, 0.1) is 6.92 Å². The number of hydrogen-bond donors (Lipinski definition) is 2. The predicted octanol–water partition coefficient (Wildman–Crippen LogP) is 1.93. The van der Waals surface area contributed by atoms with Crippen LogP contribution in [0.25, 0.3) is 0 Å². The van der Waals surface area contributed by atoms with Crippen molar-refractivity contribution in [3.05, 3.63) is 28.8 Å². The van der Waals surface area contributed by atoms with Gasteiger partial charge in [-0.2, -0.15) is 4.99 Å². The molecule has 0 saturated heterocycles. The Bertz CT molecular complexity index is 574. The van der Waals surface area contributed by atoms with Crippen LogP contribution in [0.5, 0.6) is 0 Å². The molecule has 1 aliphatic rings. The molecule has 0 bridgehead atoms. The van der Waals surface area contributed by atoms with Crippen molar-refractivity contribution in [1.82, 2.24) is 0 Å². The lowest BCUT2D eigenvalue weighted by atomic mass is 10.2. The molecule has 1 atom stereocenters. The summed E-state index contributed by atoms with van der Waals surface area (Å²) < 4.78 is 0. The molecule has 5 nitrogen and oxygen atoms in total. The van der Waals surface area contributed by atoms with Gasteiger partial charge in [-0.25, -0.2) is 0 Å². The van der Waals surface area contributed by atoms with E-state index in [1.165, 1.54) is 0 Å². The summed E-state index contributed by atoms with van der Waals surface area (Å²) >= 11 is 6.95. The van der Waals surface area contributed by atoms with Crippen LogP contribution in [0.4, 0.5) is 5.69 Å². The van der Waals surface area contributed by atoms with Gasteiger partial charge in [0.2, 0.25) is 5.91 Å². The molecule has 0 radical (unpaired) electrons. The second-order valence-electron chi connectivity index (χ2n) is 4.11. The van der Waals surface area contributed by atoms with Crippen LogP contribution in [-0.2, 0) is 9.59 Å². The first kappa shape index (κ1) is 13.9. The van der Waals surface area contributed by atoms with Crippen molar-refractivity contribution in [3.8, 4) is 0 Å². The summed E-state index contributed by atoms with van der Waals surface area (Å²) in [7, 11) is 0. The van der Waals surface area contributed by atoms with Crippen molar-refractivity contribution in [2.45, 2.75) is 18.6 Å². The van der Waals surface area contributed by atoms with Gasteiger partial charge >= 0.3 is 0 Å². The van der Waals surface area contributed by atoms with E-state index in [-0.39, 0.29) is 23.4 Å². The molecule has 0 fully saturated rings. The Balaban J connectivity index is 1.97. The molecule has 1 aliphatic heterocycles. The number of thioether (sulfide) groups is 1. The van der Waals surface area contributed by atoms with Crippen LogP contribution in [0.2, 0.25) is 5.02 Å². The van der Waals surface area contributed by atoms with E-state index in [1.54, 1.807) is 18.2 Å². The standard InChI is InChI=1S/C12H12ClN3O2S/c1-6-4-7(13)2-3-8(6)15-10(17)5-9-11(18)16-12(14)19-9/h2-4,9H,5H2,1H3,(H,15,17)(H2,14,16,18)/t9-/m1/s1. The molecular weight excluding hydrogens is 286 g/mol. The maximum Gasteiger partial charge on any atom is 0.262 e. The van der Waals surface area contributed by atoms with Crippen molar-refractivity contribution < 1.29 is 9.59 Å². The number of rotatable bonds is 3. The van der Waals surface area contributed by atoms with Gasteiger partial charge in [-0.1, -0.05) is 23.4 Å². The van der Waals surface area contributed by atoms with Crippen LogP contribution < -0.4 is 11.1 Å². The average molecular weight is 298 g/mol. The zero-order valence-corrected chi connectivity index (χ0v) is 11.7. The molecular formula is C12H12ClN3O2S. The number of amidine groups is 1. The molecule has 0 unspecified atom stereocenters. The van der Waals surface area contributed by atoms with Gasteiger partial charge < -0.3 is 11.1 Å². The van der Waals surface area contributed by atoms with Gasteiger partial charge in [0, 0.05) is 17.1 Å². The van der Waals surface area contributed by atoms with Crippen molar-refractivity contribution in [3.63, 3.8) is 0 Å². The minimum atomic E-state index is -0.521. The van der Waals surface area contributed by atoms with E-state index < -0.39 is 5.25 Å². The van der Waals surface area contributed by atoms with Crippen LogP contribution in [0.15, 0.2) is 23.2 Å². The topological polar surface area (TPSA) is 84.6 Å². The highest BCUT2D eigenvalue weighted by Crippen LogP contribution is 2.24. The molecule has 0 aliphatic carbocycles. The molecule has 19 heavy (non-hydrogen) atoms. The third kappa shape index (κ3) is 3.48. The Morgan fingerprint density at radius 2 is 2.32 bits per heavy atom. The Hall–Kier alpha value is -1.53. The number of hydrogen-bond acceptors (Lipinski definition) is 4. The Labute approximate surface area is 119 Å². The van der Waals surface area contributed by atoms with Gasteiger partial charge in [0.05, 0.1) is 0 Å². The normalized spacial score (nSPS) is 18.3. The molecule has 100 valence electrons. The number of nitrogens with zero attached hydrogens (tertiary/aromatic N) is 1. The van der Waals surface area contributed by atoms with Gasteiger partial charge in [-0.15, -0.1) is 0 Å². The first-order valence-corrected chi connectivity index (χ1v) is 6.82. The molecule has 0 spiro atoms. The minimum Gasteiger partial charge on any atom is -0.378 e. The van der Waals surface area contributed by atoms with Crippen LogP contribution in [0.1, 0.15) is 12.0 Å². The van der Waals surface area contributed by atoms with Crippen LogP contribution in [-0.4, -0.2) is 22.2 Å². The summed E-state index contributed by atoms with van der Waals surface area (Å²) in [5.41, 5.74) is 6.97. The highest BCUT2D eigenvalue weighted by atomic mass is 35.5. The molecule has 0 aromatic heterocycles. The van der Waals surface area contributed by atoms with E-state index >= 15 is 0 Å². The van der Waals surface area contributed by atoms with Crippen LogP contribution in [0.3, 0.4) is 0 Å². The van der Waals surface area contributed by atoms with E-state index in [9.17, 15) is 9.59 Å². The third-order valence-electron chi connectivity index (χ3n) is 2.59. The zero-order chi connectivity index (χ0) is 14.0. The third-order valence-corrected chi connectivity index (χ3v) is 3.81. The molecule has 7 heteroatoms. The quantitative estimate of drug-likeness (QED) is 0.893. The molecule has 1 aromatic rings. The maximum absolute atomic E-state index is 11.9. The summed E-state index contributed by atoms with van der Waals surface area (Å²) in [5, 5.41) is 3.05. The second-order valence-corrected chi connectivity index (χ2v) is 5.77. The number of anilines is 1. The monoisotopic (exact) mass is 297 g/mol. The Kier molecular flexibility index (Phi) is 4.11. The Morgan fingerprint density at radius 1 is 1.58 bits per heavy atom. The average Bonchev–Trinajstić information content (AvgIpc) is 2.61. The zero-order valence-electron chi connectivity index (χ0n) is 10.1. The van der Waals surface area contributed by atoms with Gasteiger partial charge in [0.25, 0.3) is 5.91 Å². The van der Waals surface area contributed by atoms with Gasteiger partial charge in [0.1, 0.15) is 5.25 Å². The Morgan fingerprint density at radius 3 is 2.89 bits per heavy atom. The number of halogens is 1. The fraction of sp³-hybridized carbons (Fsp3) is 0.250. The highest BCUT2D eigenvalue weighted by Gasteiger charge is 2.29. The number of aryl methyl sites for hydroxylation is 1. The SMILES string of the molecule is Cc1cc(Cl)ccc1NC(=O)C[C@H]1SC(N)=NC1=O. The van der Waals surface area contributed by atoms with Gasteiger partial charge in [-0.05, 0) is 30.7 Å². The van der Waals surface area contributed by atoms with Gasteiger partial charge in [-0.3, -0.25) is 9.59 Å². The highest BCUT2D eigenvalue weighted by molar-refractivity contribution is 8.15. The number of amides is 2. The number of benzene rings is 1. The van der Waals surface area contributed by atoms with Crippen molar-refractivity contribution >= 4 is 46.0 Å². The molecule has 0 saturated carbocycles. The molecule has 1 heterocycles. The summed E-state index contributed by atoms with van der Waals surface area (Å²) in [5.74, 6) is -0.605. The predicted molar refractivity (Wildman–Crippen MR) is 77.4 cm³/mol. The fourth-order valence-electron chi connectivity index (χ4n) is 1.67. The lowest BCUT2D eigenvalue weighted by Gasteiger charge is -2.10. The molecule has 2 amide bonds. The number of nitrogens with two attached hydrogens (primary N) is 1. The largest absolute Gasteiger partial charge is 0.378 e. The number of nitrogens with one attached hydrogen (secondary N) is 1. The molecule has 1 aromatic carbocycles. The maximum atomic E-state index is 11.9. The minimum absolute atomic E-state index is 0.0514. The first-order valence-electron chi connectivity index (χ1n) is 5.56. The second kappa shape index (κ2) is 5.63. The number of carbonyl (C=O) groups excluding carboxylic acids is 2. The lowest BCUT2D eigenvalue weighted by Crippen LogP contribution is -2.22. The van der Waals surface area contributed by atoms with Crippen molar-refractivity contribution in [2.24, 2.45) is 10.7 Å². The van der Waals surface area contributed by atoms with E-state index in [4.69, 9.17) is 17.3 Å². The summed E-state index contributed by atoms with van der Waals surface area (Å²) in [6.45, 7) is 1.85. The van der Waals surface area contributed by atoms with Crippen molar-refractivity contribution in [2.75, 3.05) is 5.32 Å². The van der Waals surface area contributed by atoms with E-state index in [1.807, 2.05) is 6.92 Å². The number of carbonyl (C=O) groups is 2.